The van der Waals surface area contributed by atoms with Crippen LogP contribution in [0.1, 0.15) is 26.3 Å². The second-order valence-corrected chi connectivity index (χ2v) is 7.62. The van der Waals surface area contributed by atoms with E-state index in [-0.39, 0.29) is 6.42 Å². The predicted octanol–water partition coefficient (Wildman–Crippen LogP) is 3.94. The van der Waals surface area contributed by atoms with Crippen LogP contribution in [-0.4, -0.2) is 29.0 Å². The minimum absolute atomic E-state index is 0.0941. The van der Waals surface area contributed by atoms with Gasteiger partial charge in [-0.15, -0.1) is 0 Å². The van der Waals surface area contributed by atoms with Gasteiger partial charge < -0.3 is 15.2 Å². The van der Waals surface area contributed by atoms with Crippen LogP contribution in [0.4, 0.5) is 0 Å². The molecule has 0 aliphatic heterocycles. The van der Waals surface area contributed by atoms with Gasteiger partial charge in [0.15, 0.2) is 0 Å². The third kappa shape index (κ3) is 5.66. The number of carbonyl (C=O) groups is 3. The number of rotatable bonds is 7. The van der Waals surface area contributed by atoms with Crippen LogP contribution in [-0.2, 0) is 11.2 Å². The Kier molecular flexibility index (Phi) is 7.18. The Morgan fingerprint density at radius 1 is 0.900 bits per heavy atom. The summed E-state index contributed by atoms with van der Waals surface area (Å²) < 4.78 is 6.09. The maximum absolute atomic E-state index is 12.3. The van der Waals surface area contributed by atoms with Gasteiger partial charge in [-0.1, -0.05) is 42.5 Å². The molecule has 7 heteroatoms. The topological polar surface area (TPSA) is 92.7 Å². The number of hydrogen-bond donors (Lipinski definition) is 2. The molecule has 30 heavy (non-hydrogen) atoms. The van der Waals surface area contributed by atoms with E-state index in [0.717, 1.165) is 0 Å². The highest BCUT2D eigenvalue weighted by Gasteiger charge is 2.22. The van der Waals surface area contributed by atoms with Crippen molar-refractivity contribution in [2.75, 3.05) is 0 Å². The smallest absolute Gasteiger partial charge is 0.343 e. The molecule has 1 atom stereocenters. The second kappa shape index (κ2) is 10.0. The highest BCUT2D eigenvalue weighted by molar-refractivity contribution is 14.1. The Morgan fingerprint density at radius 2 is 1.50 bits per heavy atom. The van der Waals surface area contributed by atoms with E-state index in [2.05, 4.69) is 5.32 Å². The molecule has 0 fully saturated rings. The summed E-state index contributed by atoms with van der Waals surface area (Å²) in [5.41, 5.74) is 1.52. The van der Waals surface area contributed by atoms with Crippen molar-refractivity contribution in [3.8, 4) is 5.75 Å². The Bertz CT molecular complexity index is 1050. The van der Waals surface area contributed by atoms with Gasteiger partial charge in [-0.2, -0.15) is 0 Å². The van der Waals surface area contributed by atoms with Crippen molar-refractivity contribution < 1.29 is 24.2 Å². The maximum atomic E-state index is 12.3. The summed E-state index contributed by atoms with van der Waals surface area (Å²) in [5, 5.41) is 12.1. The number of esters is 1. The first-order valence-corrected chi connectivity index (χ1v) is 10.2. The zero-order valence-corrected chi connectivity index (χ0v) is 17.9. The van der Waals surface area contributed by atoms with E-state index in [1.54, 1.807) is 72.8 Å². The number of carboxylic acids is 1. The minimum atomic E-state index is -1.13. The lowest BCUT2D eigenvalue weighted by Gasteiger charge is -2.15. The van der Waals surface area contributed by atoms with E-state index in [4.69, 9.17) is 4.74 Å². The lowest BCUT2D eigenvalue weighted by molar-refractivity contribution is -0.139. The molecule has 0 saturated carbocycles. The van der Waals surface area contributed by atoms with Crippen molar-refractivity contribution in [1.29, 1.82) is 0 Å². The van der Waals surface area contributed by atoms with Crippen molar-refractivity contribution in [1.82, 2.24) is 5.32 Å². The standard InChI is InChI=1S/C23H18INO5/c24-18-13-15(11-12-20(18)30-23(29)17-9-5-2-6-10-17)14-19(22(27)28)25-21(26)16-7-3-1-4-8-16/h1-13,19H,14H2,(H,25,26)(H,27,28). The quantitative estimate of drug-likeness (QED) is 0.283. The van der Waals surface area contributed by atoms with Crippen molar-refractivity contribution in [3.05, 3.63) is 99.1 Å². The molecule has 0 bridgehead atoms. The Labute approximate surface area is 187 Å². The number of amides is 1. The van der Waals surface area contributed by atoms with E-state index in [0.29, 0.717) is 26.0 Å². The monoisotopic (exact) mass is 515 g/mol. The van der Waals surface area contributed by atoms with Crippen LogP contribution < -0.4 is 10.1 Å². The number of carboxylic acid groups (broad SMARTS) is 1. The van der Waals surface area contributed by atoms with Gasteiger partial charge in [-0.25, -0.2) is 9.59 Å². The molecule has 0 aromatic heterocycles. The van der Waals surface area contributed by atoms with E-state index >= 15 is 0 Å². The zero-order valence-electron chi connectivity index (χ0n) is 15.7. The van der Waals surface area contributed by atoms with E-state index in [1.807, 2.05) is 28.7 Å². The third-order valence-electron chi connectivity index (χ3n) is 4.29. The van der Waals surface area contributed by atoms with Crippen LogP contribution in [0.3, 0.4) is 0 Å². The average Bonchev–Trinajstić information content (AvgIpc) is 2.76. The number of hydrogen-bond acceptors (Lipinski definition) is 4. The highest BCUT2D eigenvalue weighted by atomic mass is 127. The van der Waals surface area contributed by atoms with E-state index in [1.165, 1.54) is 0 Å². The maximum Gasteiger partial charge on any atom is 0.343 e. The largest absolute Gasteiger partial charge is 0.480 e. The van der Waals surface area contributed by atoms with Crippen molar-refractivity contribution in [2.45, 2.75) is 12.5 Å². The van der Waals surface area contributed by atoms with Gasteiger partial charge >= 0.3 is 11.9 Å². The SMILES string of the molecule is O=C(NC(Cc1ccc(OC(=O)c2ccccc2)c(I)c1)C(=O)O)c1ccccc1. The van der Waals surface area contributed by atoms with Gasteiger partial charge in [0.25, 0.3) is 5.91 Å². The van der Waals surface area contributed by atoms with Gasteiger partial charge in [0.1, 0.15) is 11.8 Å². The Hall–Kier alpha value is -3.20. The van der Waals surface area contributed by atoms with Crippen molar-refractivity contribution in [3.63, 3.8) is 0 Å². The van der Waals surface area contributed by atoms with Crippen LogP contribution in [0.2, 0.25) is 0 Å². The molecule has 0 aliphatic rings. The lowest BCUT2D eigenvalue weighted by Crippen LogP contribution is -2.42. The first kappa shape index (κ1) is 21.5. The van der Waals surface area contributed by atoms with Crippen molar-refractivity contribution >= 4 is 40.4 Å². The second-order valence-electron chi connectivity index (χ2n) is 6.45. The third-order valence-corrected chi connectivity index (χ3v) is 5.13. The van der Waals surface area contributed by atoms with Gasteiger partial charge in [-0.05, 0) is 64.6 Å². The molecular weight excluding hydrogens is 497 g/mol. The fraction of sp³-hybridized carbons (Fsp3) is 0.0870. The van der Waals surface area contributed by atoms with Crippen LogP contribution in [0, 0.1) is 3.57 Å². The van der Waals surface area contributed by atoms with Crippen LogP contribution >= 0.6 is 22.6 Å². The number of benzene rings is 3. The molecule has 1 unspecified atom stereocenters. The summed E-state index contributed by atoms with van der Waals surface area (Å²) >= 11 is 2.03. The van der Waals surface area contributed by atoms with Gasteiger partial charge in [0.05, 0.1) is 9.13 Å². The first-order valence-electron chi connectivity index (χ1n) is 9.08. The van der Waals surface area contributed by atoms with Crippen LogP contribution in [0.5, 0.6) is 5.75 Å². The molecule has 1 amide bonds. The number of ether oxygens (including phenoxy) is 1. The number of halogens is 1. The number of carbonyl (C=O) groups excluding carboxylic acids is 2. The van der Waals surface area contributed by atoms with Crippen LogP contribution in [0.25, 0.3) is 0 Å². The molecule has 152 valence electrons. The molecule has 3 rings (SSSR count). The molecule has 3 aromatic carbocycles. The Morgan fingerprint density at radius 3 is 2.07 bits per heavy atom. The minimum Gasteiger partial charge on any atom is -0.480 e. The fourth-order valence-corrected chi connectivity index (χ4v) is 3.44. The van der Waals surface area contributed by atoms with Crippen molar-refractivity contribution in [2.24, 2.45) is 0 Å². The summed E-state index contributed by atoms with van der Waals surface area (Å²) in [7, 11) is 0. The van der Waals surface area contributed by atoms with Gasteiger partial charge in [0.2, 0.25) is 0 Å². The molecular formula is C23H18INO5. The van der Waals surface area contributed by atoms with Crippen LogP contribution in [0.15, 0.2) is 78.9 Å². The van der Waals surface area contributed by atoms with E-state index in [9.17, 15) is 19.5 Å². The predicted molar refractivity (Wildman–Crippen MR) is 120 cm³/mol. The first-order chi connectivity index (χ1) is 14.4. The lowest BCUT2D eigenvalue weighted by atomic mass is 10.1. The van der Waals surface area contributed by atoms with Gasteiger partial charge in [-0.3, -0.25) is 4.79 Å². The zero-order chi connectivity index (χ0) is 21.5. The average molecular weight is 515 g/mol. The fourth-order valence-electron chi connectivity index (χ4n) is 2.75. The highest BCUT2D eigenvalue weighted by Crippen LogP contribution is 2.24. The van der Waals surface area contributed by atoms with Gasteiger partial charge in [0, 0.05) is 12.0 Å². The summed E-state index contributed by atoms with van der Waals surface area (Å²) in [6.45, 7) is 0. The molecule has 2 N–H and O–H groups in total. The molecule has 0 radical (unpaired) electrons. The molecule has 0 aliphatic carbocycles. The summed E-state index contributed by atoms with van der Waals surface area (Å²) in [6.07, 6.45) is 0.0941. The number of aliphatic carboxylic acids is 1. The molecule has 0 heterocycles. The van der Waals surface area contributed by atoms with E-state index < -0.39 is 23.9 Å². The summed E-state index contributed by atoms with van der Waals surface area (Å²) in [5.74, 6) is -1.67. The number of nitrogens with one attached hydrogen (secondary N) is 1. The molecule has 3 aromatic rings. The Balaban J connectivity index is 1.69. The molecule has 0 spiro atoms. The normalized spacial score (nSPS) is 11.4. The molecule has 0 saturated heterocycles. The molecule has 6 nitrogen and oxygen atoms in total. The summed E-state index contributed by atoms with van der Waals surface area (Å²) in [4.78, 5) is 36.2. The summed E-state index contributed by atoms with van der Waals surface area (Å²) in [6, 6.07) is 21.0.